The average molecular weight is 282 g/mol. The number of ether oxygens (including phenoxy) is 1. The predicted octanol–water partition coefficient (Wildman–Crippen LogP) is 5.05. The monoisotopic (exact) mass is 281 g/mol. The smallest absolute Gasteiger partial charge is 0.142 e. The number of nitrogens with one attached hydrogen (secondary N) is 1. The standard InChI is InChI=1S/C14H13Cl2NO/c1-9-11(16)4-3-5-12(9)17-13-8-10(15)6-7-14(13)18-2/h3-8,17H,1-2H3. The average Bonchev–Trinajstić information content (AvgIpc) is 2.35. The Morgan fingerprint density at radius 3 is 2.56 bits per heavy atom. The minimum absolute atomic E-state index is 0.651. The van der Waals surface area contributed by atoms with E-state index in [2.05, 4.69) is 5.32 Å². The number of rotatable bonds is 3. The topological polar surface area (TPSA) is 21.3 Å². The molecular formula is C14H13Cl2NO. The lowest BCUT2D eigenvalue weighted by molar-refractivity contribution is 0.417. The first-order chi connectivity index (χ1) is 8.61. The summed E-state index contributed by atoms with van der Waals surface area (Å²) in [6.07, 6.45) is 0. The summed E-state index contributed by atoms with van der Waals surface area (Å²) in [5, 5.41) is 4.65. The van der Waals surface area contributed by atoms with Crippen molar-refractivity contribution in [2.45, 2.75) is 6.92 Å². The second-order valence-electron chi connectivity index (χ2n) is 3.88. The minimum atomic E-state index is 0.651. The Morgan fingerprint density at radius 1 is 1.06 bits per heavy atom. The lowest BCUT2D eigenvalue weighted by Crippen LogP contribution is -1.96. The van der Waals surface area contributed by atoms with Crippen molar-refractivity contribution in [3.8, 4) is 5.75 Å². The van der Waals surface area contributed by atoms with Crippen molar-refractivity contribution >= 4 is 34.6 Å². The van der Waals surface area contributed by atoms with Gasteiger partial charge in [-0.25, -0.2) is 0 Å². The molecule has 0 saturated carbocycles. The van der Waals surface area contributed by atoms with Crippen molar-refractivity contribution < 1.29 is 4.74 Å². The summed E-state index contributed by atoms with van der Waals surface area (Å²) in [5.74, 6) is 0.735. The first-order valence-electron chi connectivity index (χ1n) is 5.47. The minimum Gasteiger partial charge on any atom is -0.495 e. The highest BCUT2D eigenvalue weighted by atomic mass is 35.5. The largest absolute Gasteiger partial charge is 0.495 e. The molecule has 0 fully saturated rings. The van der Waals surface area contributed by atoms with E-state index >= 15 is 0 Å². The maximum atomic E-state index is 6.09. The molecular weight excluding hydrogens is 269 g/mol. The van der Waals surface area contributed by atoms with Crippen molar-refractivity contribution in [3.63, 3.8) is 0 Å². The van der Waals surface area contributed by atoms with Gasteiger partial charge in [-0.1, -0.05) is 29.3 Å². The molecule has 2 aromatic carbocycles. The lowest BCUT2D eigenvalue weighted by Gasteiger charge is -2.14. The zero-order chi connectivity index (χ0) is 13.1. The van der Waals surface area contributed by atoms with Gasteiger partial charge in [-0.2, -0.15) is 0 Å². The van der Waals surface area contributed by atoms with Crippen LogP contribution in [-0.4, -0.2) is 7.11 Å². The number of methoxy groups -OCH3 is 1. The molecule has 0 unspecified atom stereocenters. The van der Waals surface area contributed by atoms with Gasteiger partial charge >= 0.3 is 0 Å². The van der Waals surface area contributed by atoms with Gasteiger partial charge in [0.1, 0.15) is 5.75 Å². The number of anilines is 2. The van der Waals surface area contributed by atoms with E-state index in [0.29, 0.717) is 5.02 Å². The van der Waals surface area contributed by atoms with Gasteiger partial charge in [-0.15, -0.1) is 0 Å². The molecule has 0 aliphatic heterocycles. The van der Waals surface area contributed by atoms with Crippen molar-refractivity contribution in [3.05, 3.63) is 52.0 Å². The van der Waals surface area contributed by atoms with Crippen molar-refractivity contribution in [2.75, 3.05) is 12.4 Å². The fraction of sp³-hybridized carbons (Fsp3) is 0.143. The fourth-order valence-electron chi connectivity index (χ4n) is 1.67. The van der Waals surface area contributed by atoms with Crippen LogP contribution >= 0.6 is 23.2 Å². The number of hydrogen-bond donors (Lipinski definition) is 1. The quantitative estimate of drug-likeness (QED) is 0.850. The molecule has 2 rings (SSSR count). The predicted molar refractivity (Wildman–Crippen MR) is 77.5 cm³/mol. The summed E-state index contributed by atoms with van der Waals surface area (Å²) in [5.41, 5.74) is 2.74. The summed E-state index contributed by atoms with van der Waals surface area (Å²) >= 11 is 12.1. The van der Waals surface area contributed by atoms with E-state index in [1.54, 1.807) is 13.2 Å². The van der Waals surface area contributed by atoms with E-state index in [1.165, 1.54) is 0 Å². The second kappa shape index (κ2) is 5.51. The molecule has 94 valence electrons. The van der Waals surface area contributed by atoms with E-state index in [0.717, 1.165) is 27.7 Å². The summed E-state index contributed by atoms with van der Waals surface area (Å²) < 4.78 is 5.29. The number of benzene rings is 2. The van der Waals surface area contributed by atoms with Gasteiger partial charge < -0.3 is 10.1 Å². The first kappa shape index (κ1) is 13.1. The molecule has 0 amide bonds. The lowest BCUT2D eigenvalue weighted by atomic mass is 10.2. The second-order valence-corrected chi connectivity index (χ2v) is 4.73. The first-order valence-corrected chi connectivity index (χ1v) is 6.23. The van der Waals surface area contributed by atoms with Gasteiger partial charge in [0.25, 0.3) is 0 Å². The Morgan fingerprint density at radius 2 is 1.83 bits per heavy atom. The molecule has 0 radical (unpaired) electrons. The molecule has 18 heavy (non-hydrogen) atoms. The van der Waals surface area contributed by atoms with E-state index in [4.69, 9.17) is 27.9 Å². The molecule has 0 bridgehead atoms. The molecule has 2 nitrogen and oxygen atoms in total. The molecule has 0 spiro atoms. The Labute approximate surface area is 116 Å². The molecule has 4 heteroatoms. The molecule has 0 aliphatic rings. The number of hydrogen-bond acceptors (Lipinski definition) is 2. The molecule has 0 heterocycles. The summed E-state index contributed by atoms with van der Waals surface area (Å²) in [6, 6.07) is 11.1. The van der Waals surface area contributed by atoms with Gasteiger partial charge in [0.05, 0.1) is 12.8 Å². The van der Waals surface area contributed by atoms with Crippen LogP contribution in [0.1, 0.15) is 5.56 Å². The third-order valence-corrected chi connectivity index (χ3v) is 3.34. The van der Waals surface area contributed by atoms with E-state index in [9.17, 15) is 0 Å². The molecule has 0 aliphatic carbocycles. The van der Waals surface area contributed by atoms with Gasteiger partial charge in [0, 0.05) is 15.7 Å². The highest BCUT2D eigenvalue weighted by Gasteiger charge is 2.07. The van der Waals surface area contributed by atoms with Crippen LogP contribution in [0.5, 0.6) is 5.75 Å². The van der Waals surface area contributed by atoms with Crippen molar-refractivity contribution in [1.29, 1.82) is 0 Å². The van der Waals surface area contributed by atoms with Gasteiger partial charge in [-0.05, 0) is 42.8 Å². The SMILES string of the molecule is COc1ccc(Cl)cc1Nc1cccc(Cl)c1C. The van der Waals surface area contributed by atoms with Crippen molar-refractivity contribution in [2.24, 2.45) is 0 Å². The van der Waals surface area contributed by atoms with Crippen LogP contribution in [0.4, 0.5) is 11.4 Å². The Balaban J connectivity index is 2.39. The number of halogens is 2. The fourth-order valence-corrected chi connectivity index (χ4v) is 2.01. The van der Waals surface area contributed by atoms with Gasteiger partial charge in [-0.3, -0.25) is 0 Å². The maximum Gasteiger partial charge on any atom is 0.142 e. The summed E-state index contributed by atoms with van der Waals surface area (Å²) in [4.78, 5) is 0. The van der Waals surface area contributed by atoms with Crippen LogP contribution in [0.3, 0.4) is 0 Å². The van der Waals surface area contributed by atoms with Crippen LogP contribution in [0, 0.1) is 6.92 Å². The summed E-state index contributed by atoms with van der Waals surface area (Å²) in [7, 11) is 1.62. The van der Waals surface area contributed by atoms with Crippen LogP contribution < -0.4 is 10.1 Å². The normalized spacial score (nSPS) is 10.2. The maximum absolute atomic E-state index is 6.09. The van der Waals surface area contributed by atoms with E-state index in [1.807, 2.05) is 37.3 Å². The zero-order valence-corrected chi connectivity index (χ0v) is 11.6. The summed E-state index contributed by atoms with van der Waals surface area (Å²) in [6.45, 7) is 1.96. The molecule has 2 aromatic rings. The van der Waals surface area contributed by atoms with Gasteiger partial charge in [0.15, 0.2) is 0 Å². The molecule has 0 atom stereocenters. The molecule has 1 N–H and O–H groups in total. The third-order valence-electron chi connectivity index (χ3n) is 2.70. The highest BCUT2D eigenvalue weighted by molar-refractivity contribution is 6.32. The van der Waals surface area contributed by atoms with Gasteiger partial charge in [0.2, 0.25) is 0 Å². The molecule has 0 aromatic heterocycles. The Kier molecular flexibility index (Phi) is 4.00. The van der Waals surface area contributed by atoms with Crippen LogP contribution in [0.25, 0.3) is 0 Å². The third kappa shape index (κ3) is 2.71. The van der Waals surface area contributed by atoms with Crippen LogP contribution in [0.2, 0.25) is 10.0 Å². The molecule has 0 saturated heterocycles. The Hall–Kier alpha value is -1.38. The van der Waals surface area contributed by atoms with E-state index < -0.39 is 0 Å². The van der Waals surface area contributed by atoms with Crippen LogP contribution in [-0.2, 0) is 0 Å². The van der Waals surface area contributed by atoms with Crippen LogP contribution in [0.15, 0.2) is 36.4 Å². The van der Waals surface area contributed by atoms with E-state index in [-0.39, 0.29) is 0 Å². The Bertz CT molecular complexity index is 570. The zero-order valence-electron chi connectivity index (χ0n) is 10.1. The highest BCUT2D eigenvalue weighted by Crippen LogP contribution is 2.33. The van der Waals surface area contributed by atoms with Crippen molar-refractivity contribution in [1.82, 2.24) is 0 Å².